The second-order valence-corrected chi connectivity index (χ2v) is 5.81. The van der Waals surface area contributed by atoms with Gasteiger partial charge in [0.15, 0.2) is 0 Å². The van der Waals surface area contributed by atoms with Crippen molar-refractivity contribution in [1.82, 2.24) is 9.80 Å². The number of amides is 2. The van der Waals surface area contributed by atoms with Crippen molar-refractivity contribution in [2.24, 2.45) is 0 Å². The summed E-state index contributed by atoms with van der Waals surface area (Å²) in [5.74, 6) is -0.144. The average molecular weight is 303 g/mol. The van der Waals surface area contributed by atoms with E-state index in [9.17, 15) is 9.59 Å². The summed E-state index contributed by atoms with van der Waals surface area (Å²) in [5, 5.41) is 2.77. The fraction of sp³-hybridized carbons (Fsp3) is 0.500. The molecule has 1 N–H and O–H groups in total. The molecular formula is C16H21N3O3. The Morgan fingerprint density at radius 3 is 2.64 bits per heavy atom. The maximum atomic E-state index is 12.8. The quantitative estimate of drug-likeness (QED) is 0.826. The number of hydrogen-bond donors (Lipinski definition) is 1. The minimum Gasteiger partial charge on any atom is -0.466 e. The molecule has 0 saturated carbocycles. The number of benzene rings is 1. The predicted octanol–water partition coefficient (Wildman–Crippen LogP) is 0.940. The summed E-state index contributed by atoms with van der Waals surface area (Å²) in [6, 6.07) is 7.16. The number of likely N-dealkylation sites (N-methyl/N-ethyl adjacent to an activating group) is 1. The van der Waals surface area contributed by atoms with Gasteiger partial charge in [-0.3, -0.25) is 9.59 Å². The Morgan fingerprint density at radius 2 is 1.95 bits per heavy atom. The van der Waals surface area contributed by atoms with E-state index in [1.807, 2.05) is 12.1 Å². The molecule has 1 aromatic rings. The van der Waals surface area contributed by atoms with Crippen LogP contribution in [0.2, 0.25) is 0 Å². The van der Waals surface area contributed by atoms with Crippen LogP contribution in [0.4, 0.5) is 5.69 Å². The highest BCUT2D eigenvalue weighted by Crippen LogP contribution is 2.34. The van der Waals surface area contributed by atoms with Gasteiger partial charge in [0.2, 0.25) is 0 Å². The van der Waals surface area contributed by atoms with Gasteiger partial charge in [0.25, 0.3) is 17.4 Å². The number of ether oxygens (including phenoxy) is 1. The van der Waals surface area contributed by atoms with E-state index in [1.165, 1.54) is 0 Å². The molecule has 1 saturated heterocycles. The first-order valence-electron chi connectivity index (χ1n) is 7.66. The van der Waals surface area contributed by atoms with Crippen LogP contribution in [0.15, 0.2) is 24.3 Å². The lowest BCUT2D eigenvalue weighted by molar-refractivity contribution is -0.155. The van der Waals surface area contributed by atoms with Crippen LogP contribution in [0, 0.1) is 0 Å². The third-order valence-electron chi connectivity index (χ3n) is 4.40. The summed E-state index contributed by atoms with van der Waals surface area (Å²) in [5.41, 5.74) is -0.892. The summed E-state index contributed by atoms with van der Waals surface area (Å²) >= 11 is 0. The molecule has 6 nitrogen and oxygen atoms in total. The number of piperazine rings is 1. The lowest BCUT2D eigenvalue weighted by atomic mass is 10.0. The predicted molar refractivity (Wildman–Crippen MR) is 82.8 cm³/mol. The second kappa shape index (κ2) is 5.61. The molecule has 0 aromatic heterocycles. The normalized spacial score (nSPS) is 25.2. The minimum atomic E-state index is -1.50. The van der Waals surface area contributed by atoms with Crippen molar-refractivity contribution in [1.29, 1.82) is 0 Å². The molecule has 0 radical (unpaired) electrons. The van der Waals surface area contributed by atoms with E-state index in [1.54, 1.807) is 24.0 Å². The molecular weight excluding hydrogens is 282 g/mol. The van der Waals surface area contributed by atoms with Crippen molar-refractivity contribution in [2.45, 2.75) is 19.4 Å². The van der Waals surface area contributed by atoms with E-state index in [4.69, 9.17) is 4.74 Å². The van der Waals surface area contributed by atoms with Crippen LogP contribution >= 0.6 is 0 Å². The molecule has 0 bridgehead atoms. The number of carbonyl (C=O) groups is 2. The first-order valence-corrected chi connectivity index (χ1v) is 7.66. The maximum Gasteiger partial charge on any atom is 0.278 e. The third-order valence-corrected chi connectivity index (χ3v) is 4.40. The molecule has 2 aliphatic heterocycles. The number of nitrogens with zero attached hydrogens (tertiary/aromatic N) is 2. The number of rotatable bonds is 2. The monoisotopic (exact) mass is 303 g/mol. The number of para-hydroxylation sites is 2. The van der Waals surface area contributed by atoms with E-state index in [0.717, 1.165) is 19.6 Å². The van der Waals surface area contributed by atoms with Gasteiger partial charge in [-0.2, -0.15) is 0 Å². The van der Waals surface area contributed by atoms with Gasteiger partial charge < -0.3 is 19.9 Å². The third kappa shape index (κ3) is 2.43. The average Bonchev–Trinajstić information content (AvgIpc) is 2.55. The molecule has 6 heteroatoms. The largest absolute Gasteiger partial charge is 0.466 e. The van der Waals surface area contributed by atoms with Crippen LogP contribution < -0.4 is 10.1 Å². The molecule has 2 aliphatic rings. The van der Waals surface area contributed by atoms with Crippen LogP contribution in [-0.2, 0) is 9.59 Å². The second-order valence-electron chi connectivity index (χ2n) is 5.81. The lowest BCUT2D eigenvalue weighted by Crippen LogP contribution is -2.62. The zero-order chi connectivity index (χ0) is 15.7. The Morgan fingerprint density at radius 1 is 1.27 bits per heavy atom. The first kappa shape index (κ1) is 14.8. The van der Waals surface area contributed by atoms with Gasteiger partial charge in [0.05, 0.1) is 5.69 Å². The van der Waals surface area contributed by atoms with E-state index in [-0.39, 0.29) is 5.91 Å². The molecule has 1 aromatic carbocycles. The van der Waals surface area contributed by atoms with Crippen LogP contribution in [0.5, 0.6) is 5.75 Å². The van der Waals surface area contributed by atoms with Gasteiger partial charge >= 0.3 is 0 Å². The summed E-state index contributed by atoms with van der Waals surface area (Å²) in [4.78, 5) is 29.2. The van der Waals surface area contributed by atoms with Crippen LogP contribution in [0.25, 0.3) is 0 Å². The molecule has 0 spiro atoms. The van der Waals surface area contributed by atoms with Gasteiger partial charge in [-0.25, -0.2) is 0 Å². The van der Waals surface area contributed by atoms with E-state index in [2.05, 4.69) is 17.1 Å². The number of carbonyl (C=O) groups excluding carboxylic acids is 2. The SMILES string of the molecule is CCN1CCN(C(=O)C2(C)Oc3ccccc3NC2=O)CC1. The van der Waals surface area contributed by atoms with Crippen molar-refractivity contribution in [2.75, 3.05) is 38.0 Å². The summed E-state index contributed by atoms with van der Waals surface area (Å²) in [7, 11) is 0. The Balaban J connectivity index is 1.78. The Labute approximate surface area is 130 Å². The zero-order valence-electron chi connectivity index (χ0n) is 13.0. The molecule has 118 valence electrons. The van der Waals surface area contributed by atoms with Crippen molar-refractivity contribution in [3.05, 3.63) is 24.3 Å². The standard InChI is InChI=1S/C16H21N3O3/c1-3-18-8-10-19(11-9-18)15(21)16(2)14(20)17-12-6-4-5-7-13(12)22-16/h4-7H,3,8-11H2,1-2H3,(H,17,20). The fourth-order valence-corrected chi connectivity index (χ4v) is 2.88. The molecule has 1 unspecified atom stereocenters. The van der Waals surface area contributed by atoms with Crippen molar-refractivity contribution < 1.29 is 14.3 Å². The molecule has 2 amide bonds. The molecule has 3 rings (SSSR count). The van der Waals surface area contributed by atoms with Crippen LogP contribution in [0.3, 0.4) is 0 Å². The van der Waals surface area contributed by atoms with Gasteiger partial charge in [-0.15, -0.1) is 0 Å². The Kier molecular flexibility index (Phi) is 3.78. The zero-order valence-corrected chi connectivity index (χ0v) is 13.0. The number of hydrogen-bond acceptors (Lipinski definition) is 4. The lowest BCUT2D eigenvalue weighted by Gasteiger charge is -2.40. The Bertz CT molecular complexity index is 596. The molecule has 1 fully saturated rings. The number of nitrogens with one attached hydrogen (secondary N) is 1. The fourth-order valence-electron chi connectivity index (χ4n) is 2.88. The van der Waals surface area contributed by atoms with E-state index in [0.29, 0.717) is 24.5 Å². The summed E-state index contributed by atoms with van der Waals surface area (Å²) in [6.07, 6.45) is 0. The molecule has 2 heterocycles. The van der Waals surface area contributed by atoms with Crippen LogP contribution in [-0.4, -0.2) is 59.9 Å². The molecule has 0 aliphatic carbocycles. The minimum absolute atomic E-state index is 0.268. The number of anilines is 1. The highest BCUT2D eigenvalue weighted by molar-refractivity contribution is 6.15. The van der Waals surface area contributed by atoms with Crippen molar-refractivity contribution >= 4 is 17.5 Å². The molecule has 22 heavy (non-hydrogen) atoms. The smallest absolute Gasteiger partial charge is 0.278 e. The van der Waals surface area contributed by atoms with E-state index < -0.39 is 11.5 Å². The summed E-state index contributed by atoms with van der Waals surface area (Å²) in [6.45, 7) is 7.54. The van der Waals surface area contributed by atoms with E-state index >= 15 is 0 Å². The van der Waals surface area contributed by atoms with Gasteiger partial charge in [0.1, 0.15) is 5.75 Å². The van der Waals surface area contributed by atoms with Crippen LogP contribution in [0.1, 0.15) is 13.8 Å². The Hall–Kier alpha value is -2.08. The topological polar surface area (TPSA) is 61.9 Å². The van der Waals surface area contributed by atoms with Gasteiger partial charge in [-0.05, 0) is 25.6 Å². The first-order chi connectivity index (χ1) is 10.5. The number of fused-ring (bicyclic) bond motifs is 1. The highest BCUT2D eigenvalue weighted by Gasteiger charge is 2.49. The van der Waals surface area contributed by atoms with Gasteiger partial charge in [0, 0.05) is 26.2 Å². The van der Waals surface area contributed by atoms with Gasteiger partial charge in [-0.1, -0.05) is 19.1 Å². The van der Waals surface area contributed by atoms with Crippen molar-refractivity contribution in [3.8, 4) is 5.75 Å². The maximum absolute atomic E-state index is 12.8. The highest BCUT2D eigenvalue weighted by atomic mass is 16.5. The summed E-state index contributed by atoms with van der Waals surface area (Å²) < 4.78 is 5.78. The molecule has 1 atom stereocenters. The van der Waals surface area contributed by atoms with Crippen molar-refractivity contribution in [3.63, 3.8) is 0 Å².